The summed E-state index contributed by atoms with van der Waals surface area (Å²) < 4.78 is 6.00. The predicted molar refractivity (Wildman–Crippen MR) is 75.7 cm³/mol. The van der Waals surface area contributed by atoms with Crippen LogP contribution in [-0.4, -0.2) is 43.4 Å². The van der Waals surface area contributed by atoms with E-state index in [1.165, 1.54) is 6.07 Å². The van der Waals surface area contributed by atoms with Crippen molar-refractivity contribution in [1.29, 1.82) is 0 Å². The maximum Gasteiger partial charge on any atom is 0.251 e. The predicted octanol–water partition coefficient (Wildman–Crippen LogP) is 0.713. The zero-order valence-corrected chi connectivity index (χ0v) is 12.1. The van der Waals surface area contributed by atoms with Gasteiger partial charge >= 0.3 is 0 Å². The highest BCUT2D eigenvalue weighted by Gasteiger charge is 2.28. The topological polar surface area (TPSA) is 70.6 Å². The Morgan fingerprint density at radius 3 is 3.00 bits per heavy atom. The van der Waals surface area contributed by atoms with E-state index in [-0.39, 0.29) is 23.8 Å². The molecule has 1 unspecified atom stereocenters. The first-order chi connectivity index (χ1) is 8.61. The largest absolute Gasteiger partial charge is 0.507 e. The van der Waals surface area contributed by atoms with E-state index >= 15 is 0 Å². The summed E-state index contributed by atoms with van der Waals surface area (Å²) in [7, 11) is 1.63. The van der Waals surface area contributed by atoms with Crippen molar-refractivity contribution in [2.45, 2.75) is 12.1 Å². The highest BCUT2D eigenvalue weighted by atomic mass is 127. The van der Waals surface area contributed by atoms with Crippen LogP contribution in [0.1, 0.15) is 10.4 Å². The number of hydrogen-bond acceptors (Lipinski definition) is 4. The summed E-state index contributed by atoms with van der Waals surface area (Å²) in [4.78, 5) is 12.0. The second-order valence-electron chi connectivity index (χ2n) is 4.18. The fourth-order valence-corrected chi connectivity index (χ4v) is 2.29. The average Bonchev–Trinajstić information content (AvgIpc) is 2.79. The van der Waals surface area contributed by atoms with E-state index in [9.17, 15) is 9.90 Å². The first-order valence-electron chi connectivity index (χ1n) is 5.64. The number of halogens is 1. The second-order valence-corrected chi connectivity index (χ2v) is 5.34. The molecule has 0 radical (unpaired) electrons. The van der Waals surface area contributed by atoms with Gasteiger partial charge in [0.25, 0.3) is 5.91 Å². The van der Waals surface area contributed by atoms with Crippen LogP contribution in [0, 0.1) is 3.57 Å². The van der Waals surface area contributed by atoms with Gasteiger partial charge in [-0.1, -0.05) is 0 Å². The minimum atomic E-state index is -0.197. The van der Waals surface area contributed by atoms with Crippen LogP contribution >= 0.6 is 22.6 Å². The van der Waals surface area contributed by atoms with Gasteiger partial charge in [0.05, 0.1) is 15.7 Å². The molecule has 1 aliphatic heterocycles. The van der Waals surface area contributed by atoms with Gasteiger partial charge in [-0.3, -0.25) is 4.79 Å². The van der Waals surface area contributed by atoms with E-state index in [1.54, 1.807) is 19.2 Å². The Morgan fingerprint density at radius 2 is 2.33 bits per heavy atom. The molecule has 0 aliphatic carbocycles. The fourth-order valence-electron chi connectivity index (χ4n) is 1.95. The Labute approximate surface area is 119 Å². The number of amides is 1. The lowest BCUT2D eigenvalue weighted by Gasteiger charge is -2.18. The SMILES string of the molecule is CO[C@H]1CNCC1NC(=O)c1ccc(I)c(O)c1. The first kappa shape index (κ1) is 13.6. The maximum absolute atomic E-state index is 12.0. The van der Waals surface area contributed by atoms with E-state index in [4.69, 9.17) is 4.74 Å². The summed E-state index contributed by atoms with van der Waals surface area (Å²) >= 11 is 2.01. The third-order valence-corrected chi connectivity index (χ3v) is 3.90. The average molecular weight is 362 g/mol. The van der Waals surface area contributed by atoms with Crippen molar-refractivity contribution in [3.05, 3.63) is 27.3 Å². The van der Waals surface area contributed by atoms with Crippen molar-refractivity contribution in [3.8, 4) is 5.75 Å². The van der Waals surface area contributed by atoms with Crippen molar-refractivity contribution >= 4 is 28.5 Å². The molecule has 2 atom stereocenters. The molecule has 1 amide bonds. The summed E-state index contributed by atoms with van der Waals surface area (Å²) in [5.41, 5.74) is 0.453. The molecule has 2 rings (SSSR count). The van der Waals surface area contributed by atoms with E-state index in [0.29, 0.717) is 12.1 Å². The van der Waals surface area contributed by atoms with E-state index < -0.39 is 0 Å². The molecule has 18 heavy (non-hydrogen) atoms. The quantitative estimate of drug-likeness (QED) is 0.693. The molecule has 1 saturated heterocycles. The monoisotopic (exact) mass is 362 g/mol. The molecule has 1 aliphatic rings. The number of carbonyl (C=O) groups excluding carboxylic acids is 1. The van der Waals surface area contributed by atoms with Gasteiger partial charge < -0.3 is 20.5 Å². The van der Waals surface area contributed by atoms with Crippen LogP contribution in [-0.2, 0) is 4.74 Å². The van der Waals surface area contributed by atoms with E-state index in [1.807, 2.05) is 22.6 Å². The van der Waals surface area contributed by atoms with Crippen molar-refractivity contribution < 1.29 is 14.6 Å². The van der Waals surface area contributed by atoms with Crippen LogP contribution < -0.4 is 10.6 Å². The minimum absolute atomic E-state index is 0.00797. The number of nitrogens with one attached hydrogen (secondary N) is 2. The molecule has 0 bridgehead atoms. The Hall–Kier alpha value is -0.860. The Balaban J connectivity index is 2.05. The van der Waals surface area contributed by atoms with Crippen molar-refractivity contribution in [1.82, 2.24) is 10.6 Å². The second kappa shape index (κ2) is 5.85. The Morgan fingerprint density at radius 1 is 1.56 bits per heavy atom. The number of benzene rings is 1. The lowest BCUT2D eigenvalue weighted by molar-refractivity contribution is 0.0779. The van der Waals surface area contributed by atoms with Gasteiger partial charge in [-0.25, -0.2) is 0 Å². The van der Waals surface area contributed by atoms with Crippen LogP contribution in [0.2, 0.25) is 0 Å². The van der Waals surface area contributed by atoms with Crippen LogP contribution in [0.25, 0.3) is 0 Å². The molecule has 1 aromatic carbocycles. The summed E-state index contributed by atoms with van der Waals surface area (Å²) in [5.74, 6) is -0.0754. The Bertz CT molecular complexity index is 453. The van der Waals surface area contributed by atoms with Crippen LogP contribution in [0.5, 0.6) is 5.75 Å². The highest BCUT2D eigenvalue weighted by Crippen LogP contribution is 2.20. The number of rotatable bonds is 3. The minimum Gasteiger partial charge on any atom is -0.507 e. The third kappa shape index (κ3) is 2.93. The highest BCUT2D eigenvalue weighted by molar-refractivity contribution is 14.1. The van der Waals surface area contributed by atoms with Crippen LogP contribution in [0.3, 0.4) is 0 Å². The van der Waals surface area contributed by atoms with Gasteiger partial charge in [-0.2, -0.15) is 0 Å². The van der Waals surface area contributed by atoms with Gasteiger partial charge in [0, 0.05) is 25.8 Å². The standard InChI is InChI=1S/C12H15IN2O3/c1-18-11-6-14-5-9(11)15-12(17)7-2-3-8(13)10(16)4-7/h2-4,9,11,14,16H,5-6H2,1H3,(H,15,17)/t9?,11-/m0/s1. The normalized spacial score (nSPS) is 23.0. The summed E-state index contributed by atoms with van der Waals surface area (Å²) in [6.07, 6.45) is -0.00797. The number of hydrogen-bond donors (Lipinski definition) is 3. The van der Waals surface area contributed by atoms with Crippen molar-refractivity contribution in [2.75, 3.05) is 20.2 Å². The molecule has 3 N–H and O–H groups in total. The van der Waals surface area contributed by atoms with Gasteiger partial charge in [0.15, 0.2) is 0 Å². The van der Waals surface area contributed by atoms with Gasteiger partial charge in [-0.15, -0.1) is 0 Å². The molecule has 0 spiro atoms. The van der Waals surface area contributed by atoms with Gasteiger partial charge in [-0.05, 0) is 40.8 Å². The number of aromatic hydroxyl groups is 1. The molecule has 6 heteroatoms. The molecule has 1 fully saturated rings. The zero-order valence-electron chi connectivity index (χ0n) is 9.94. The zero-order chi connectivity index (χ0) is 13.1. The molecule has 0 saturated carbocycles. The molecular weight excluding hydrogens is 347 g/mol. The smallest absolute Gasteiger partial charge is 0.251 e. The molecule has 0 aromatic heterocycles. The molecular formula is C12H15IN2O3. The number of ether oxygens (including phenoxy) is 1. The number of methoxy groups -OCH3 is 1. The first-order valence-corrected chi connectivity index (χ1v) is 6.72. The molecule has 1 aromatic rings. The fraction of sp³-hybridized carbons (Fsp3) is 0.417. The molecule has 98 valence electrons. The summed E-state index contributed by atoms with van der Waals surface area (Å²) in [6, 6.07) is 4.84. The van der Waals surface area contributed by atoms with E-state index in [2.05, 4.69) is 10.6 Å². The van der Waals surface area contributed by atoms with E-state index in [0.717, 1.165) is 10.1 Å². The Kier molecular flexibility index (Phi) is 4.41. The summed E-state index contributed by atoms with van der Waals surface area (Å²) in [5, 5.41) is 15.6. The van der Waals surface area contributed by atoms with Crippen LogP contribution in [0.4, 0.5) is 0 Å². The lowest BCUT2D eigenvalue weighted by atomic mass is 10.1. The summed E-state index contributed by atoms with van der Waals surface area (Å²) in [6.45, 7) is 1.43. The lowest BCUT2D eigenvalue weighted by Crippen LogP contribution is -2.43. The number of phenols is 1. The number of phenolic OH excluding ortho intramolecular Hbond substituents is 1. The molecule has 1 heterocycles. The molecule has 5 nitrogen and oxygen atoms in total. The van der Waals surface area contributed by atoms with Crippen molar-refractivity contribution in [2.24, 2.45) is 0 Å². The maximum atomic E-state index is 12.0. The van der Waals surface area contributed by atoms with Gasteiger partial charge in [0.2, 0.25) is 0 Å². The van der Waals surface area contributed by atoms with Crippen LogP contribution in [0.15, 0.2) is 18.2 Å². The third-order valence-electron chi connectivity index (χ3n) is 2.99. The van der Waals surface area contributed by atoms with Crippen molar-refractivity contribution in [3.63, 3.8) is 0 Å². The van der Waals surface area contributed by atoms with Gasteiger partial charge in [0.1, 0.15) is 5.75 Å². The number of carbonyl (C=O) groups is 1.